The van der Waals surface area contributed by atoms with E-state index in [9.17, 15) is 9.59 Å². The van der Waals surface area contributed by atoms with Crippen LogP contribution >= 0.6 is 24.2 Å². The van der Waals surface area contributed by atoms with Crippen LogP contribution in [0.1, 0.15) is 22.3 Å². The molecule has 0 radical (unpaired) electrons. The van der Waals surface area contributed by atoms with Gasteiger partial charge in [-0.05, 0) is 36.7 Å². The molecule has 0 fully saturated rings. The van der Waals surface area contributed by atoms with Crippen molar-refractivity contribution in [2.24, 2.45) is 5.73 Å². The Morgan fingerprint density at radius 1 is 1.19 bits per heavy atom. The predicted octanol–water partition coefficient (Wildman–Crippen LogP) is 3.14. The van der Waals surface area contributed by atoms with Gasteiger partial charge in [-0.3, -0.25) is 9.59 Å². The van der Waals surface area contributed by atoms with Crippen molar-refractivity contribution in [3.63, 3.8) is 0 Å². The number of carbonyl (C=O) groups excluding carboxylic acids is 2. The van der Waals surface area contributed by atoms with Gasteiger partial charge in [0.25, 0.3) is 5.91 Å². The van der Waals surface area contributed by atoms with Gasteiger partial charge in [0.05, 0.1) is 11.4 Å². The first kappa shape index (κ1) is 20.3. The number of thioether (sulfide) groups is 1. The van der Waals surface area contributed by atoms with Crippen molar-refractivity contribution in [2.45, 2.75) is 17.9 Å². The Morgan fingerprint density at radius 3 is 2.69 bits per heavy atom. The molecule has 0 bridgehead atoms. The molecule has 1 aliphatic heterocycles. The van der Waals surface area contributed by atoms with Gasteiger partial charge in [0.2, 0.25) is 5.91 Å². The second kappa shape index (κ2) is 9.62. The van der Waals surface area contributed by atoms with E-state index in [1.54, 1.807) is 6.07 Å². The Morgan fingerprint density at radius 2 is 1.96 bits per heavy atom. The van der Waals surface area contributed by atoms with E-state index in [2.05, 4.69) is 5.32 Å². The number of hydrogen-bond donors (Lipinski definition) is 2. The predicted molar refractivity (Wildman–Crippen MR) is 108 cm³/mol. The van der Waals surface area contributed by atoms with Crippen LogP contribution < -0.4 is 11.1 Å². The van der Waals surface area contributed by atoms with E-state index in [4.69, 9.17) is 5.73 Å². The molecule has 0 atom stereocenters. The van der Waals surface area contributed by atoms with E-state index in [0.717, 1.165) is 16.9 Å². The number of nitrogens with zero attached hydrogens (tertiary/aromatic N) is 1. The number of fused-ring (bicyclic) bond motifs is 1. The minimum Gasteiger partial charge on any atom is -0.334 e. The molecule has 3 rings (SSSR count). The maximum absolute atomic E-state index is 13.0. The van der Waals surface area contributed by atoms with Crippen LogP contribution in [0.2, 0.25) is 0 Å². The van der Waals surface area contributed by atoms with Crippen molar-refractivity contribution >= 4 is 41.7 Å². The lowest BCUT2D eigenvalue weighted by molar-refractivity contribution is -0.113. The maximum Gasteiger partial charge on any atom is 0.254 e. The summed E-state index contributed by atoms with van der Waals surface area (Å²) in [5, 5.41) is 2.84. The first-order valence-electron chi connectivity index (χ1n) is 8.27. The van der Waals surface area contributed by atoms with Gasteiger partial charge in [-0.1, -0.05) is 30.3 Å². The van der Waals surface area contributed by atoms with E-state index < -0.39 is 0 Å². The monoisotopic (exact) mass is 391 g/mol. The van der Waals surface area contributed by atoms with Crippen LogP contribution in [-0.4, -0.2) is 35.6 Å². The molecule has 138 valence electrons. The fourth-order valence-electron chi connectivity index (χ4n) is 2.74. The highest BCUT2D eigenvalue weighted by atomic mass is 35.5. The third kappa shape index (κ3) is 5.00. The number of anilines is 1. The second-order valence-electron chi connectivity index (χ2n) is 5.90. The average Bonchev–Trinajstić information content (AvgIpc) is 2.64. The van der Waals surface area contributed by atoms with Crippen molar-refractivity contribution in [3.05, 3.63) is 59.7 Å². The smallest absolute Gasteiger partial charge is 0.254 e. The molecule has 7 heteroatoms. The molecule has 0 spiro atoms. The quantitative estimate of drug-likeness (QED) is 0.793. The zero-order valence-electron chi connectivity index (χ0n) is 14.3. The van der Waals surface area contributed by atoms with Crippen molar-refractivity contribution in [2.75, 3.05) is 24.2 Å². The molecule has 0 saturated carbocycles. The van der Waals surface area contributed by atoms with E-state index in [-0.39, 0.29) is 24.2 Å². The molecule has 2 aromatic carbocycles. The van der Waals surface area contributed by atoms with Crippen LogP contribution in [0.15, 0.2) is 53.4 Å². The van der Waals surface area contributed by atoms with Crippen LogP contribution in [0.4, 0.5) is 5.69 Å². The molecule has 3 N–H and O–H groups in total. The standard InChI is InChI=1S/C19H21N3O2S.ClH/c20-9-4-10-22(12-14-5-2-1-3-6-14)19(24)15-7-8-17-16(11-15)21-18(23)13-25-17;/h1-3,5-8,11H,4,9-10,12-13,20H2,(H,21,23);1H. The number of hydrogen-bond acceptors (Lipinski definition) is 4. The molecule has 2 amide bonds. The van der Waals surface area contributed by atoms with Gasteiger partial charge in [0, 0.05) is 23.5 Å². The number of nitrogens with one attached hydrogen (secondary N) is 1. The number of carbonyl (C=O) groups is 2. The highest BCUT2D eigenvalue weighted by Crippen LogP contribution is 2.32. The molecular weight excluding hydrogens is 370 g/mol. The van der Waals surface area contributed by atoms with Crippen LogP contribution in [0.5, 0.6) is 0 Å². The third-order valence-electron chi connectivity index (χ3n) is 3.99. The SMILES string of the molecule is Cl.NCCCN(Cc1ccccc1)C(=O)c1ccc2c(c1)NC(=O)CS2. The summed E-state index contributed by atoms with van der Waals surface area (Å²) in [7, 11) is 0. The molecule has 5 nitrogen and oxygen atoms in total. The van der Waals surface area contributed by atoms with Crippen LogP contribution in [-0.2, 0) is 11.3 Å². The first-order valence-corrected chi connectivity index (χ1v) is 9.26. The van der Waals surface area contributed by atoms with E-state index >= 15 is 0 Å². The lowest BCUT2D eigenvalue weighted by atomic mass is 10.1. The van der Waals surface area contributed by atoms with Gasteiger partial charge in [-0.15, -0.1) is 24.2 Å². The highest BCUT2D eigenvalue weighted by molar-refractivity contribution is 8.00. The van der Waals surface area contributed by atoms with Gasteiger partial charge >= 0.3 is 0 Å². The Bertz CT molecular complexity index is 771. The summed E-state index contributed by atoms with van der Waals surface area (Å²) in [5.74, 6) is 0.327. The minimum atomic E-state index is -0.0510. The number of rotatable bonds is 6. The van der Waals surface area contributed by atoms with Crippen LogP contribution in [0, 0.1) is 0 Å². The molecule has 2 aromatic rings. The Kier molecular flexibility index (Phi) is 7.50. The van der Waals surface area contributed by atoms with Crippen molar-refractivity contribution in [1.82, 2.24) is 4.90 Å². The summed E-state index contributed by atoms with van der Waals surface area (Å²) in [6.45, 7) is 1.68. The summed E-state index contributed by atoms with van der Waals surface area (Å²) in [6, 6.07) is 15.4. The molecule has 0 aliphatic carbocycles. The van der Waals surface area contributed by atoms with Gasteiger partial charge in [-0.2, -0.15) is 0 Å². The zero-order valence-corrected chi connectivity index (χ0v) is 15.9. The first-order chi connectivity index (χ1) is 12.2. The van der Waals surface area contributed by atoms with Gasteiger partial charge in [-0.25, -0.2) is 0 Å². The molecule has 0 unspecified atom stereocenters. The fraction of sp³-hybridized carbons (Fsp3) is 0.263. The maximum atomic E-state index is 13.0. The van der Waals surface area contributed by atoms with E-state index in [0.29, 0.717) is 36.6 Å². The Balaban J connectivity index is 0.00000243. The largest absolute Gasteiger partial charge is 0.334 e. The van der Waals surface area contributed by atoms with Gasteiger partial charge < -0.3 is 16.0 Å². The average molecular weight is 392 g/mol. The van der Waals surface area contributed by atoms with Crippen LogP contribution in [0.25, 0.3) is 0 Å². The Labute approximate surface area is 163 Å². The molecule has 0 saturated heterocycles. The van der Waals surface area contributed by atoms with Crippen molar-refractivity contribution in [3.8, 4) is 0 Å². The van der Waals surface area contributed by atoms with Crippen LogP contribution in [0.3, 0.4) is 0 Å². The summed E-state index contributed by atoms with van der Waals surface area (Å²) in [4.78, 5) is 27.4. The normalized spacial score (nSPS) is 12.6. The molecule has 1 aliphatic rings. The highest BCUT2D eigenvalue weighted by Gasteiger charge is 2.20. The number of nitrogens with two attached hydrogens (primary N) is 1. The lowest BCUT2D eigenvalue weighted by Crippen LogP contribution is -2.32. The summed E-state index contributed by atoms with van der Waals surface area (Å²) in [6.07, 6.45) is 0.746. The fourth-order valence-corrected chi connectivity index (χ4v) is 3.53. The third-order valence-corrected chi connectivity index (χ3v) is 5.07. The van der Waals surface area contributed by atoms with E-state index in [1.807, 2.05) is 47.4 Å². The molecule has 0 aromatic heterocycles. The van der Waals surface area contributed by atoms with Gasteiger partial charge in [0.1, 0.15) is 0 Å². The number of halogens is 1. The molecule has 26 heavy (non-hydrogen) atoms. The lowest BCUT2D eigenvalue weighted by Gasteiger charge is -2.24. The van der Waals surface area contributed by atoms with E-state index in [1.165, 1.54) is 11.8 Å². The number of benzene rings is 2. The topological polar surface area (TPSA) is 75.4 Å². The van der Waals surface area contributed by atoms with Gasteiger partial charge in [0.15, 0.2) is 0 Å². The number of amides is 2. The Hall–Kier alpha value is -2.02. The molecular formula is C19H22ClN3O2S. The summed E-state index contributed by atoms with van der Waals surface area (Å²) in [5.41, 5.74) is 8.00. The minimum absolute atomic E-state index is 0. The van der Waals surface area contributed by atoms with Crippen molar-refractivity contribution < 1.29 is 9.59 Å². The summed E-state index contributed by atoms with van der Waals surface area (Å²) >= 11 is 1.49. The molecule has 1 heterocycles. The van der Waals surface area contributed by atoms with Crippen molar-refractivity contribution in [1.29, 1.82) is 0 Å². The zero-order chi connectivity index (χ0) is 17.6. The second-order valence-corrected chi connectivity index (χ2v) is 6.92. The summed E-state index contributed by atoms with van der Waals surface area (Å²) < 4.78 is 0.